The molecular formula is C16H23Cl2N3O. The number of piperazine rings is 1. The highest BCUT2D eigenvalue weighted by atomic mass is 35.5. The molecule has 22 heavy (non-hydrogen) atoms. The predicted molar refractivity (Wildman–Crippen MR) is 91.7 cm³/mol. The van der Waals surface area contributed by atoms with Gasteiger partial charge in [0.05, 0.1) is 0 Å². The molecule has 122 valence electrons. The Morgan fingerprint density at radius 2 is 2.00 bits per heavy atom. The Morgan fingerprint density at radius 1 is 1.23 bits per heavy atom. The third-order valence-corrected chi connectivity index (χ3v) is 4.75. The van der Waals surface area contributed by atoms with Crippen LogP contribution in [0.15, 0.2) is 18.2 Å². The molecule has 1 aromatic carbocycles. The molecule has 2 heterocycles. The number of carbonyl (C=O) groups excluding carboxylic acids is 1. The quantitative estimate of drug-likeness (QED) is 0.910. The van der Waals surface area contributed by atoms with Crippen molar-refractivity contribution >= 4 is 29.9 Å². The molecule has 1 N–H and O–H groups in total. The summed E-state index contributed by atoms with van der Waals surface area (Å²) < 4.78 is 0. The standard InChI is InChI=1S/C16H22ClN3O.ClH/c17-15-3-1-2-13-12-19(8-4-14(13)15)9-5-16(21)20-10-6-18-7-11-20;/h1-3,18H,4-12H2;1H. The van der Waals surface area contributed by atoms with Crippen molar-refractivity contribution in [3.05, 3.63) is 34.3 Å². The van der Waals surface area contributed by atoms with Gasteiger partial charge in [0, 0.05) is 57.3 Å². The summed E-state index contributed by atoms with van der Waals surface area (Å²) in [5.74, 6) is 0.286. The minimum atomic E-state index is 0. The number of amides is 1. The molecule has 0 bridgehead atoms. The molecule has 0 saturated carbocycles. The molecule has 1 fully saturated rings. The third kappa shape index (κ3) is 4.13. The summed E-state index contributed by atoms with van der Waals surface area (Å²) in [5, 5.41) is 4.15. The van der Waals surface area contributed by atoms with Crippen LogP contribution in [0.5, 0.6) is 0 Å². The van der Waals surface area contributed by atoms with Crippen molar-refractivity contribution in [1.29, 1.82) is 0 Å². The fourth-order valence-electron chi connectivity index (χ4n) is 3.14. The van der Waals surface area contributed by atoms with E-state index in [1.54, 1.807) is 0 Å². The van der Waals surface area contributed by atoms with Gasteiger partial charge in [0.1, 0.15) is 0 Å². The second kappa shape index (κ2) is 8.16. The van der Waals surface area contributed by atoms with Crippen LogP contribution in [0.4, 0.5) is 0 Å². The summed E-state index contributed by atoms with van der Waals surface area (Å²) in [6.45, 7) is 6.27. The molecule has 0 atom stereocenters. The molecular weight excluding hydrogens is 321 g/mol. The van der Waals surface area contributed by atoms with E-state index in [4.69, 9.17) is 11.6 Å². The molecule has 2 aliphatic heterocycles. The van der Waals surface area contributed by atoms with Crippen molar-refractivity contribution in [2.24, 2.45) is 0 Å². The predicted octanol–water partition coefficient (Wildman–Crippen LogP) is 1.94. The van der Waals surface area contributed by atoms with Gasteiger partial charge in [0.2, 0.25) is 5.91 Å². The minimum Gasteiger partial charge on any atom is -0.340 e. The fourth-order valence-corrected chi connectivity index (χ4v) is 3.43. The van der Waals surface area contributed by atoms with Gasteiger partial charge in [0.25, 0.3) is 0 Å². The Hall–Kier alpha value is -0.810. The van der Waals surface area contributed by atoms with Gasteiger partial charge in [-0.2, -0.15) is 0 Å². The van der Waals surface area contributed by atoms with Crippen molar-refractivity contribution in [3.63, 3.8) is 0 Å². The highest BCUT2D eigenvalue weighted by molar-refractivity contribution is 6.31. The molecule has 0 unspecified atom stereocenters. The molecule has 0 radical (unpaired) electrons. The van der Waals surface area contributed by atoms with Crippen LogP contribution in [-0.4, -0.2) is 55.0 Å². The Kier molecular flexibility index (Phi) is 6.50. The molecule has 3 rings (SSSR count). The number of nitrogens with zero attached hydrogens (tertiary/aromatic N) is 2. The summed E-state index contributed by atoms with van der Waals surface area (Å²) in [5.41, 5.74) is 2.59. The SMILES string of the molecule is Cl.O=C(CCN1CCc2c(Cl)cccc2C1)N1CCNCC1. The number of rotatable bonds is 3. The lowest BCUT2D eigenvalue weighted by molar-refractivity contribution is -0.132. The largest absolute Gasteiger partial charge is 0.340 e. The normalized spacial score (nSPS) is 18.5. The van der Waals surface area contributed by atoms with Crippen LogP contribution in [0.25, 0.3) is 0 Å². The molecule has 1 amide bonds. The monoisotopic (exact) mass is 343 g/mol. The van der Waals surface area contributed by atoms with E-state index < -0.39 is 0 Å². The topological polar surface area (TPSA) is 35.6 Å². The van der Waals surface area contributed by atoms with Crippen molar-refractivity contribution in [2.45, 2.75) is 19.4 Å². The Morgan fingerprint density at radius 3 is 2.77 bits per heavy atom. The van der Waals surface area contributed by atoms with E-state index in [1.807, 2.05) is 17.0 Å². The first-order valence-electron chi connectivity index (χ1n) is 7.71. The van der Waals surface area contributed by atoms with Crippen LogP contribution >= 0.6 is 24.0 Å². The van der Waals surface area contributed by atoms with Crippen LogP contribution in [0.3, 0.4) is 0 Å². The third-order valence-electron chi connectivity index (χ3n) is 4.40. The zero-order valence-electron chi connectivity index (χ0n) is 12.7. The second-order valence-electron chi connectivity index (χ2n) is 5.78. The summed E-state index contributed by atoms with van der Waals surface area (Å²) in [4.78, 5) is 16.5. The first-order valence-corrected chi connectivity index (χ1v) is 8.09. The number of fused-ring (bicyclic) bond motifs is 1. The van der Waals surface area contributed by atoms with E-state index >= 15 is 0 Å². The average Bonchev–Trinajstić information content (AvgIpc) is 2.53. The molecule has 0 aliphatic carbocycles. The van der Waals surface area contributed by atoms with Crippen LogP contribution in [0, 0.1) is 0 Å². The average molecular weight is 344 g/mol. The molecule has 2 aliphatic rings. The highest BCUT2D eigenvalue weighted by Crippen LogP contribution is 2.25. The van der Waals surface area contributed by atoms with E-state index in [9.17, 15) is 4.79 Å². The van der Waals surface area contributed by atoms with Gasteiger partial charge in [-0.1, -0.05) is 23.7 Å². The van der Waals surface area contributed by atoms with E-state index in [2.05, 4.69) is 16.3 Å². The number of hydrogen-bond donors (Lipinski definition) is 1. The number of hydrogen-bond acceptors (Lipinski definition) is 3. The van der Waals surface area contributed by atoms with Gasteiger partial charge >= 0.3 is 0 Å². The Balaban J connectivity index is 0.00000176. The molecule has 0 aromatic heterocycles. The van der Waals surface area contributed by atoms with Gasteiger partial charge in [-0.05, 0) is 23.6 Å². The maximum Gasteiger partial charge on any atom is 0.223 e. The minimum absolute atomic E-state index is 0. The molecule has 1 saturated heterocycles. The van der Waals surface area contributed by atoms with Crippen LogP contribution < -0.4 is 5.32 Å². The van der Waals surface area contributed by atoms with E-state index in [0.29, 0.717) is 6.42 Å². The summed E-state index contributed by atoms with van der Waals surface area (Å²) in [6, 6.07) is 6.12. The van der Waals surface area contributed by atoms with Crippen molar-refractivity contribution < 1.29 is 4.79 Å². The highest BCUT2D eigenvalue weighted by Gasteiger charge is 2.20. The lowest BCUT2D eigenvalue weighted by Gasteiger charge is -2.31. The molecule has 0 spiro atoms. The van der Waals surface area contributed by atoms with E-state index in [1.165, 1.54) is 11.1 Å². The number of benzene rings is 1. The second-order valence-corrected chi connectivity index (χ2v) is 6.19. The van der Waals surface area contributed by atoms with Crippen molar-refractivity contribution in [3.8, 4) is 0 Å². The van der Waals surface area contributed by atoms with Gasteiger partial charge < -0.3 is 10.2 Å². The van der Waals surface area contributed by atoms with Crippen LogP contribution in [-0.2, 0) is 17.8 Å². The van der Waals surface area contributed by atoms with Gasteiger partial charge in [-0.25, -0.2) is 0 Å². The fraction of sp³-hybridized carbons (Fsp3) is 0.562. The molecule has 4 nitrogen and oxygen atoms in total. The zero-order chi connectivity index (χ0) is 14.7. The van der Waals surface area contributed by atoms with Crippen molar-refractivity contribution in [2.75, 3.05) is 39.3 Å². The van der Waals surface area contributed by atoms with E-state index in [-0.39, 0.29) is 18.3 Å². The Labute approximate surface area is 143 Å². The van der Waals surface area contributed by atoms with Gasteiger partial charge in [-0.15, -0.1) is 12.4 Å². The van der Waals surface area contributed by atoms with Crippen LogP contribution in [0.1, 0.15) is 17.5 Å². The van der Waals surface area contributed by atoms with Gasteiger partial charge in [-0.3, -0.25) is 9.69 Å². The first-order chi connectivity index (χ1) is 10.2. The van der Waals surface area contributed by atoms with E-state index in [0.717, 1.165) is 57.3 Å². The first kappa shape index (κ1) is 17.5. The number of halogens is 2. The zero-order valence-corrected chi connectivity index (χ0v) is 14.3. The summed E-state index contributed by atoms with van der Waals surface area (Å²) >= 11 is 6.23. The van der Waals surface area contributed by atoms with Crippen molar-refractivity contribution in [1.82, 2.24) is 15.1 Å². The van der Waals surface area contributed by atoms with Gasteiger partial charge in [0.15, 0.2) is 0 Å². The summed E-state index contributed by atoms with van der Waals surface area (Å²) in [6.07, 6.45) is 1.60. The lowest BCUT2D eigenvalue weighted by atomic mass is 9.99. The summed E-state index contributed by atoms with van der Waals surface area (Å²) in [7, 11) is 0. The smallest absolute Gasteiger partial charge is 0.223 e. The molecule has 6 heteroatoms. The number of carbonyl (C=O) groups is 1. The Bertz CT molecular complexity index is 518. The number of nitrogens with one attached hydrogen (secondary N) is 1. The maximum atomic E-state index is 12.2. The lowest BCUT2D eigenvalue weighted by Crippen LogP contribution is -2.47. The maximum absolute atomic E-state index is 12.2. The molecule has 1 aromatic rings. The van der Waals surface area contributed by atoms with Crippen LogP contribution in [0.2, 0.25) is 5.02 Å².